The number of hydrogen-bond acceptors (Lipinski definition) is 5. The summed E-state index contributed by atoms with van der Waals surface area (Å²) in [6, 6.07) is 18.7. The molecule has 0 unspecified atom stereocenters. The minimum absolute atomic E-state index is 0.00591. The van der Waals surface area contributed by atoms with Crippen molar-refractivity contribution in [2.24, 2.45) is 0 Å². The third-order valence-electron chi connectivity index (χ3n) is 7.72. The molecule has 2 heterocycles. The Morgan fingerprint density at radius 3 is 2.30 bits per heavy atom. The zero-order valence-corrected chi connectivity index (χ0v) is 24.5. The fourth-order valence-electron chi connectivity index (χ4n) is 5.72. The summed E-state index contributed by atoms with van der Waals surface area (Å²) in [5, 5.41) is 0. The second kappa shape index (κ2) is 11.8. The van der Waals surface area contributed by atoms with E-state index in [-0.39, 0.29) is 11.9 Å². The number of rotatable bonds is 8. The second-order valence-electron chi connectivity index (χ2n) is 11.1. The van der Waals surface area contributed by atoms with Gasteiger partial charge in [0, 0.05) is 36.9 Å². The smallest absolute Gasteiger partial charge is 0.255 e. The molecular weight excluding hydrogens is 500 g/mol. The molecule has 0 spiro atoms. The number of amides is 1. The summed E-state index contributed by atoms with van der Waals surface area (Å²) in [4.78, 5) is 23.5. The first-order chi connectivity index (χ1) is 19.2. The Morgan fingerprint density at radius 1 is 1.00 bits per heavy atom. The van der Waals surface area contributed by atoms with Crippen LogP contribution in [0.25, 0.3) is 16.7 Å². The predicted octanol–water partition coefficient (Wildman–Crippen LogP) is 5.84. The van der Waals surface area contributed by atoms with Gasteiger partial charge < -0.3 is 14.4 Å². The summed E-state index contributed by atoms with van der Waals surface area (Å²) in [6.07, 6.45) is 0. The van der Waals surface area contributed by atoms with Crippen molar-refractivity contribution in [1.82, 2.24) is 19.4 Å². The predicted molar refractivity (Wildman–Crippen MR) is 159 cm³/mol. The number of aromatic nitrogens is 2. The van der Waals surface area contributed by atoms with Crippen LogP contribution in [0, 0.1) is 20.8 Å². The van der Waals surface area contributed by atoms with Gasteiger partial charge in [0.1, 0.15) is 11.6 Å². The third-order valence-corrected chi connectivity index (χ3v) is 7.72. The average molecular weight is 541 g/mol. The van der Waals surface area contributed by atoms with E-state index >= 15 is 0 Å². The largest absolute Gasteiger partial charge is 0.497 e. The highest BCUT2D eigenvalue weighted by molar-refractivity contribution is 5.97. The molecule has 7 heteroatoms. The maximum absolute atomic E-state index is 14.0. The first-order valence-corrected chi connectivity index (χ1v) is 14.1. The van der Waals surface area contributed by atoms with E-state index in [0.29, 0.717) is 6.54 Å². The number of imidazole rings is 1. The third kappa shape index (κ3) is 5.76. The van der Waals surface area contributed by atoms with Crippen molar-refractivity contribution in [2.75, 3.05) is 33.4 Å². The number of methoxy groups -OCH3 is 1. The van der Waals surface area contributed by atoms with Crippen molar-refractivity contribution in [3.8, 4) is 11.4 Å². The molecule has 0 N–H and O–H groups in total. The molecule has 1 aliphatic rings. The van der Waals surface area contributed by atoms with Gasteiger partial charge in [0.2, 0.25) is 0 Å². The molecule has 1 aliphatic heterocycles. The maximum atomic E-state index is 14.0. The molecule has 1 fully saturated rings. The minimum atomic E-state index is -0.00591. The topological polar surface area (TPSA) is 59.8 Å². The lowest BCUT2D eigenvalue weighted by Gasteiger charge is -2.28. The molecular formula is C33H40N4O3. The first kappa shape index (κ1) is 27.9. The number of fused-ring (bicyclic) bond motifs is 1. The lowest BCUT2D eigenvalue weighted by molar-refractivity contribution is 0.0342. The normalized spacial score (nSPS) is 14.2. The molecule has 0 atom stereocenters. The Kier molecular flexibility index (Phi) is 8.24. The zero-order chi connectivity index (χ0) is 28.4. The summed E-state index contributed by atoms with van der Waals surface area (Å²) in [5.41, 5.74) is 8.10. The molecule has 1 aromatic heterocycles. The Hall–Kier alpha value is -3.68. The summed E-state index contributed by atoms with van der Waals surface area (Å²) >= 11 is 0. The van der Waals surface area contributed by atoms with Crippen LogP contribution < -0.4 is 4.74 Å². The standard InChI is InChI=1S/C33H40N4O3/c1-22(2)36(33(38)32-24(4)17-23(3)18-25(32)5)21-31-34-29-19-26(20-35-13-15-40-16-14-35)7-12-30(29)37(31)27-8-10-28(39-6)11-9-27/h7-12,17-19,22H,13-16,20-21H2,1-6H3. The molecule has 1 amide bonds. The highest BCUT2D eigenvalue weighted by atomic mass is 16.5. The summed E-state index contributed by atoms with van der Waals surface area (Å²) in [5.74, 6) is 1.66. The number of nitrogens with zero attached hydrogens (tertiary/aromatic N) is 4. The van der Waals surface area contributed by atoms with Gasteiger partial charge in [0.05, 0.1) is 37.9 Å². The van der Waals surface area contributed by atoms with Crippen LogP contribution in [0.4, 0.5) is 0 Å². The summed E-state index contributed by atoms with van der Waals surface area (Å²) < 4.78 is 13.1. The Morgan fingerprint density at radius 2 is 1.68 bits per heavy atom. The van der Waals surface area contributed by atoms with E-state index in [1.54, 1.807) is 7.11 Å². The molecule has 0 radical (unpaired) electrons. The zero-order valence-electron chi connectivity index (χ0n) is 24.5. The van der Waals surface area contributed by atoms with E-state index in [1.807, 2.05) is 43.0 Å². The van der Waals surface area contributed by atoms with Crippen LogP contribution >= 0.6 is 0 Å². The molecule has 4 aromatic rings. The molecule has 1 saturated heterocycles. The highest BCUT2D eigenvalue weighted by Gasteiger charge is 2.25. The molecule has 7 nitrogen and oxygen atoms in total. The van der Waals surface area contributed by atoms with E-state index in [0.717, 1.165) is 83.4 Å². The molecule has 0 saturated carbocycles. The number of carbonyl (C=O) groups excluding carboxylic acids is 1. The van der Waals surface area contributed by atoms with Gasteiger partial charge in [-0.3, -0.25) is 14.3 Å². The van der Waals surface area contributed by atoms with Crippen LogP contribution in [0.2, 0.25) is 0 Å². The average Bonchev–Trinajstić information content (AvgIpc) is 3.28. The van der Waals surface area contributed by atoms with E-state index in [2.05, 4.69) is 60.6 Å². The Balaban J connectivity index is 1.56. The van der Waals surface area contributed by atoms with E-state index in [4.69, 9.17) is 14.5 Å². The van der Waals surface area contributed by atoms with E-state index in [1.165, 1.54) is 5.56 Å². The van der Waals surface area contributed by atoms with Crippen LogP contribution in [-0.2, 0) is 17.8 Å². The monoisotopic (exact) mass is 540 g/mol. The summed E-state index contributed by atoms with van der Waals surface area (Å²) in [7, 11) is 1.67. The quantitative estimate of drug-likeness (QED) is 0.281. The van der Waals surface area contributed by atoms with Crippen molar-refractivity contribution >= 4 is 16.9 Å². The molecule has 3 aromatic carbocycles. The van der Waals surface area contributed by atoms with Gasteiger partial charge in [-0.05, 0) is 87.7 Å². The van der Waals surface area contributed by atoms with Gasteiger partial charge in [0.25, 0.3) is 5.91 Å². The number of ether oxygens (including phenoxy) is 2. The fourth-order valence-corrected chi connectivity index (χ4v) is 5.72. The van der Waals surface area contributed by atoms with Crippen LogP contribution in [0.1, 0.15) is 52.3 Å². The van der Waals surface area contributed by atoms with Gasteiger partial charge in [-0.15, -0.1) is 0 Å². The number of benzene rings is 3. The lowest BCUT2D eigenvalue weighted by Crippen LogP contribution is -2.38. The number of hydrogen-bond donors (Lipinski definition) is 0. The van der Waals surface area contributed by atoms with Gasteiger partial charge >= 0.3 is 0 Å². The molecule has 5 rings (SSSR count). The Labute approximate surface area is 237 Å². The fraction of sp³-hybridized carbons (Fsp3) is 0.394. The lowest BCUT2D eigenvalue weighted by atomic mass is 9.98. The van der Waals surface area contributed by atoms with Gasteiger partial charge in [-0.1, -0.05) is 23.8 Å². The maximum Gasteiger partial charge on any atom is 0.255 e. The van der Waals surface area contributed by atoms with Gasteiger partial charge in [-0.2, -0.15) is 0 Å². The van der Waals surface area contributed by atoms with Crippen molar-refractivity contribution in [3.63, 3.8) is 0 Å². The van der Waals surface area contributed by atoms with Crippen molar-refractivity contribution in [3.05, 3.63) is 88.2 Å². The van der Waals surface area contributed by atoms with Gasteiger partial charge in [0.15, 0.2) is 0 Å². The van der Waals surface area contributed by atoms with Crippen LogP contribution in [-0.4, -0.2) is 64.7 Å². The second-order valence-corrected chi connectivity index (χ2v) is 11.1. The minimum Gasteiger partial charge on any atom is -0.497 e. The number of morpholine rings is 1. The number of carbonyl (C=O) groups is 1. The van der Waals surface area contributed by atoms with Crippen LogP contribution in [0.15, 0.2) is 54.6 Å². The molecule has 0 bridgehead atoms. The van der Waals surface area contributed by atoms with Gasteiger partial charge in [-0.25, -0.2) is 4.98 Å². The molecule has 0 aliphatic carbocycles. The van der Waals surface area contributed by atoms with Crippen molar-refractivity contribution in [1.29, 1.82) is 0 Å². The number of aryl methyl sites for hydroxylation is 3. The Bertz CT molecular complexity index is 1480. The van der Waals surface area contributed by atoms with Crippen LogP contribution in [0.5, 0.6) is 5.75 Å². The van der Waals surface area contributed by atoms with E-state index in [9.17, 15) is 4.79 Å². The summed E-state index contributed by atoms with van der Waals surface area (Å²) in [6.45, 7) is 14.9. The SMILES string of the molecule is COc1ccc(-n2c(CN(C(=O)c3c(C)cc(C)cc3C)C(C)C)nc3cc(CN4CCOCC4)ccc32)cc1. The molecule has 210 valence electrons. The molecule has 40 heavy (non-hydrogen) atoms. The van der Waals surface area contributed by atoms with Crippen molar-refractivity contribution in [2.45, 2.75) is 53.8 Å². The van der Waals surface area contributed by atoms with Crippen molar-refractivity contribution < 1.29 is 14.3 Å². The van der Waals surface area contributed by atoms with E-state index < -0.39 is 0 Å². The first-order valence-electron chi connectivity index (χ1n) is 14.1. The highest BCUT2D eigenvalue weighted by Crippen LogP contribution is 2.27. The van der Waals surface area contributed by atoms with Crippen LogP contribution in [0.3, 0.4) is 0 Å².